The summed E-state index contributed by atoms with van der Waals surface area (Å²) in [4.78, 5) is 20.2. The molecule has 1 aromatic rings. The van der Waals surface area contributed by atoms with Gasteiger partial charge in [0.15, 0.2) is 0 Å². The van der Waals surface area contributed by atoms with Crippen molar-refractivity contribution in [3.05, 3.63) is 30.1 Å². The Labute approximate surface area is 125 Å². The Bertz CT molecular complexity index is 385. The first-order chi connectivity index (χ1) is 9.52. The third-order valence-electron chi connectivity index (χ3n) is 2.68. The van der Waals surface area contributed by atoms with E-state index < -0.39 is 13.2 Å². The highest BCUT2D eigenvalue weighted by Crippen LogP contribution is 2.18. The molecule has 118 valence electrons. The van der Waals surface area contributed by atoms with E-state index in [2.05, 4.69) is 4.98 Å². The third kappa shape index (κ3) is 10.8. The number of aromatic nitrogens is 1. The summed E-state index contributed by atoms with van der Waals surface area (Å²) in [5.41, 5.74) is 6.57. The number of unbranched alkanes of at least 4 members (excludes halogenated alkanes) is 1. The summed E-state index contributed by atoms with van der Waals surface area (Å²) in [6.45, 7) is 0. The number of hydrogen-bond donors (Lipinski definition) is 4. The van der Waals surface area contributed by atoms with Gasteiger partial charge in [-0.25, -0.2) is 0 Å². The number of aliphatic hydroxyl groups excluding tert-OH is 1. The molecule has 2 unspecified atom stereocenters. The maximum absolute atomic E-state index is 9.93. The third-order valence-corrected chi connectivity index (χ3v) is 2.68. The SMILES string of the molecule is C.NC(CCCCB(O)O)C(O)c1cccnc1.O=C=O. The van der Waals surface area contributed by atoms with Gasteiger partial charge in [0.05, 0.1) is 6.10 Å². The number of carbonyl (C=O) groups excluding carboxylic acids is 2. The Morgan fingerprint density at radius 3 is 2.43 bits per heavy atom. The normalized spacial score (nSPS) is 12.0. The van der Waals surface area contributed by atoms with E-state index in [0.29, 0.717) is 24.7 Å². The zero-order chi connectivity index (χ0) is 15.4. The maximum Gasteiger partial charge on any atom is 0.451 e. The lowest BCUT2D eigenvalue weighted by Crippen LogP contribution is -2.28. The summed E-state index contributed by atoms with van der Waals surface area (Å²) in [5, 5.41) is 27.3. The number of aliphatic hydroxyl groups is 1. The molecule has 5 N–H and O–H groups in total. The van der Waals surface area contributed by atoms with E-state index in [-0.39, 0.29) is 19.6 Å². The molecule has 0 fully saturated rings. The van der Waals surface area contributed by atoms with Crippen molar-refractivity contribution >= 4 is 13.3 Å². The van der Waals surface area contributed by atoms with Gasteiger partial charge in [0.25, 0.3) is 0 Å². The lowest BCUT2D eigenvalue weighted by molar-refractivity contribution is -0.191. The van der Waals surface area contributed by atoms with Crippen LogP contribution < -0.4 is 5.73 Å². The van der Waals surface area contributed by atoms with Crippen molar-refractivity contribution in [2.24, 2.45) is 5.73 Å². The van der Waals surface area contributed by atoms with Gasteiger partial charge in [-0.2, -0.15) is 9.59 Å². The molecule has 0 aliphatic heterocycles. The van der Waals surface area contributed by atoms with Crippen LogP contribution in [0.5, 0.6) is 0 Å². The number of nitrogens with two attached hydrogens (primary N) is 1. The van der Waals surface area contributed by atoms with Crippen molar-refractivity contribution in [3.63, 3.8) is 0 Å². The Morgan fingerprint density at radius 2 is 1.95 bits per heavy atom. The minimum atomic E-state index is -1.26. The second kappa shape index (κ2) is 13.4. The number of rotatable bonds is 7. The van der Waals surface area contributed by atoms with Crippen LogP contribution in [0.2, 0.25) is 6.32 Å². The smallest absolute Gasteiger partial charge is 0.427 e. The molecule has 0 bridgehead atoms. The van der Waals surface area contributed by atoms with Crippen LogP contribution in [-0.4, -0.2) is 39.5 Å². The largest absolute Gasteiger partial charge is 0.451 e. The summed E-state index contributed by atoms with van der Waals surface area (Å²) < 4.78 is 0. The van der Waals surface area contributed by atoms with Crippen LogP contribution >= 0.6 is 0 Å². The molecular weight excluding hydrogens is 275 g/mol. The number of hydrogen-bond acceptors (Lipinski definition) is 7. The Kier molecular flexibility index (Phi) is 13.9. The zero-order valence-corrected chi connectivity index (χ0v) is 11.1. The van der Waals surface area contributed by atoms with Gasteiger partial charge in [-0.05, 0) is 18.8 Å². The highest BCUT2D eigenvalue weighted by molar-refractivity contribution is 6.40. The molecule has 21 heavy (non-hydrogen) atoms. The molecule has 0 aromatic carbocycles. The van der Waals surface area contributed by atoms with Crippen LogP contribution in [-0.2, 0) is 9.59 Å². The Balaban J connectivity index is 0. The first-order valence-corrected chi connectivity index (χ1v) is 6.22. The van der Waals surface area contributed by atoms with Crippen molar-refractivity contribution < 1.29 is 24.7 Å². The standard InChI is InChI=1S/C11H19BN2O3.CO2.CH4/c13-10(5-1-2-6-12(16)17)11(15)9-4-3-7-14-8-9;2-1-3;/h3-4,7-8,10-11,15-17H,1-2,5-6,13H2;;1H4. The van der Waals surface area contributed by atoms with Crippen LogP contribution in [0.1, 0.15) is 38.4 Å². The van der Waals surface area contributed by atoms with Gasteiger partial charge in [-0.15, -0.1) is 0 Å². The summed E-state index contributed by atoms with van der Waals surface area (Å²) in [5.74, 6) is 0. The molecule has 0 amide bonds. The highest BCUT2D eigenvalue weighted by Gasteiger charge is 2.16. The van der Waals surface area contributed by atoms with E-state index in [1.54, 1.807) is 24.5 Å². The van der Waals surface area contributed by atoms with Gasteiger partial charge in [0, 0.05) is 24.0 Å². The number of pyridine rings is 1. The summed E-state index contributed by atoms with van der Waals surface area (Å²) in [6.07, 6.45) is 5.20. The lowest BCUT2D eigenvalue weighted by atomic mass is 9.83. The van der Waals surface area contributed by atoms with Gasteiger partial charge < -0.3 is 20.9 Å². The summed E-state index contributed by atoms with van der Waals surface area (Å²) in [7, 11) is -1.26. The molecular formula is C13H23BN2O5. The summed E-state index contributed by atoms with van der Waals surface area (Å²) >= 11 is 0. The van der Waals surface area contributed by atoms with Crippen LogP contribution in [0.15, 0.2) is 24.5 Å². The first-order valence-electron chi connectivity index (χ1n) is 6.22. The number of nitrogens with zero attached hydrogens (tertiary/aromatic N) is 1. The highest BCUT2D eigenvalue weighted by atomic mass is 16.4. The van der Waals surface area contributed by atoms with Crippen molar-refractivity contribution in [2.75, 3.05) is 0 Å². The van der Waals surface area contributed by atoms with Gasteiger partial charge in [-0.1, -0.05) is 26.3 Å². The molecule has 0 saturated heterocycles. The minimum absolute atomic E-state index is 0. The Morgan fingerprint density at radius 1 is 1.33 bits per heavy atom. The summed E-state index contributed by atoms with van der Waals surface area (Å²) in [6, 6.07) is 3.19. The molecule has 0 aliphatic carbocycles. The minimum Gasteiger partial charge on any atom is -0.427 e. The van der Waals surface area contributed by atoms with E-state index in [9.17, 15) is 5.11 Å². The topological polar surface area (TPSA) is 134 Å². The zero-order valence-electron chi connectivity index (χ0n) is 11.1. The van der Waals surface area contributed by atoms with E-state index >= 15 is 0 Å². The molecule has 0 radical (unpaired) electrons. The molecule has 8 heteroatoms. The lowest BCUT2D eigenvalue weighted by Gasteiger charge is -2.18. The predicted molar refractivity (Wildman–Crippen MR) is 77.8 cm³/mol. The maximum atomic E-state index is 9.93. The molecule has 1 heterocycles. The average molecular weight is 298 g/mol. The monoisotopic (exact) mass is 298 g/mol. The van der Waals surface area contributed by atoms with Crippen LogP contribution in [0.3, 0.4) is 0 Å². The molecule has 0 spiro atoms. The van der Waals surface area contributed by atoms with Gasteiger partial charge in [-0.3, -0.25) is 4.98 Å². The predicted octanol–water partition coefficient (Wildman–Crippen LogP) is 0.138. The fraction of sp³-hybridized carbons (Fsp3) is 0.538. The van der Waals surface area contributed by atoms with Crippen molar-refractivity contribution in [1.82, 2.24) is 4.98 Å². The molecule has 2 atom stereocenters. The van der Waals surface area contributed by atoms with E-state index in [0.717, 1.165) is 6.42 Å². The fourth-order valence-electron chi connectivity index (χ4n) is 1.66. The Hall–Kier alpha value is -1.57. The van der Waals surface area contributed by atoms with Crippen LogP contribution in [0, 0.1) is 0 Å². The molecule has 7 nitrogen and oxygen atoms in total. The quantitative estimate of drug-likeness (QED) is 0.415. The second-order valence-corrected chi connectivity index (χ2v) is 4.24. The average Bonchev–Trinajstić information content (AvgIpc) is 2.44. The van der Waals surface area contributed by atoms with E-state index in [4.69, 9.17) is 25.4 Å². The molecule has 1 rings (SSSR count). The van der Waals surface area contributed by atoms with E-state index in [1.807, 2.05) is 0 Å². The van der Waals surface area contributed by atoms with Crippen LogP contribution in [0.25, 0.3) is 0 Å². The molecule has 1 aromatic heterocycles. The van der Waals surface area contributed by atoms with Gasteiger partial charge >= 0.3 is 13.3 Å². The first kappa shape index (κ1) is 21.7. The van der Waals surface area contributed by atoms with E-state index in [1.165, 1.54) is 0 Å². The molecule has 0 saturated carbocycles. The van der Waals surface area contributed by atoms with Gasteiger partial charge in [0.2, 0.25) is 0 Å². The second-order valence-electron chi connectivity index (χ2n) is 4.24. The van der Waals surface area contributed by atoms with Gasteiger partial charge in [0.1, 0.15) is 0 Å². The molecule has 0 aliphatic rings. The van der Waals surface area contributed by atoms with Crippen molar-refractivity contribution in [1.29, 1.82) is 0 Å². The van der Waals surface area contributed by atoms with Crippen molar-refractivity contribution in [2.45, 2.75) is 45.2 Å². The fourth-order valence-corrected chi connectivity index (χ4v) is 1.66. The van der Waals surface area contributed by atoms with Crippen molar-refractivity contribution in [3.8, 4) is 0 Å². The van der Waals surface area contributed by atoms with Crippen LogP contribution in [0.4, 0.5) is 0 Å².